The molecule has 0 bridgehead atoms. The van der Waals surface area contributed by atoms with E-state index in [2.05, 4.69) is 26.3 Å². The predicted molar refractivity (Wildman–Crippen MR) is 58.7 cm³/mol. The van der Waals surface area contributed by atoms with Crippen LogP contribution in [0.4, 0.5) is 0 Å². The van der Waals surface area contributed by atoms with Gasteiger partial charge in [-0.25, -0.2) is 5.48 Å². The summed E-state index contributed by atoms with van der Waals surface area (Å²) in [6.45, 7) is 9.44. The molecule has 0 spiro atoms. The van der Waals surface area contributed by atoms with Crippen molar-refractivity contribution in [1.29, 1.82) is 0 Å². The lowest BCUT2D eigenvalue weighted by Gasteiger charge is -2.29. The van der Waals surface area contributed by atoms with Crippen LogP contribution in [0.1, 0.15) is 47.0 Å². The maximum absolute atomic E-state index is 5.58. The first kappa shape index (κ1) is 14.9. The molecule has 0 aromatic rings. The Hall–Kier alpha value is 0.400. The lowest BCUT2D eigenvalue weighted by atomic mass is 9.94. The van der Waals surface area contributed by atoms with Crippen LogP contribution in [-0.2, 0) is 4.84 Å². The van der Waals surface area contributed by atoms with Crippen molar-refractivity contribution in [2.45, 2.75) is 52.6 Å². The van der Waals surface area contributed by atoms with Crippen molar-refractivity contribution < 1.29 is 4.84 Å². The van der Waals surface area contributed by atoms with Crippen LogP contribution < -0.4 is 5.48 Å². The third-order valence-corrected chi connectivity index (χ3v) is 2.37. The summed E-state index contributed by atoms with van der Waals surface area (Å²) in [4.78, 5) is 5.58. The summed E-state index contributed by atoms with van der Waals surface area (Å²) in [6, 6.07) is 0. The molecule has 1 N–H and O–H groups in total. The molecule has 0 aliphatic carbocycles. The zero-order valence-electron chi connectivity index (χ0n) is 8.64. The third kappa shape index (κ3) is 4.43. The molecule has 0 aliphatic rings. The highest BCUT2D eigenvalue weighted by Crippen LogP contribution is 2.22. The van der Waals surface area contributed by atoms with E-state index in [9.17, 15) is 0 Å². The van der Waals surface area contributed by atoms with Gasteiger partial charge in [-0.15, -0.1) is 17.0 Å². The summed E-state index contributed by atoms with van der Waals surface area (Å²) in [5.74, 6) is 0. The van der Waals surface area contributed by atoms with Gasteiger partial charge < -0.3 is 0 Å². The van der Waals surface area contributed by atoms with Gasteiger partial charge in [0.2, 0.25) is 0 Å². The van der Waals surface area contributed by atoms with Gasteiger partial charge in [0.05, 0.1) is 5.60 Å². The zero-order valence-corrected chi connectivity index (χ0v) is 10.4. The summed E-state index contributed by atoms with van der Waals surface area (Å²) < 4.78 is 0. The van der Waals surface area contributed by atoms with Crippen molar-refractivity contribution in [1.82, 2.24) is 5.48 Å². The van der Waals surface area contributed by atoms with Crippen molar-refractivity contribution in [2.24, 2.45) is 0 Å². The first-order chi connectivity index (χ1) is 5.24. The summed E-state index contributed by atoms with van der Waals surface area (Å²) in [7, 11) is 0. The second-order valence-corrected chi connectivity index (χ2v) is 2.84. The van der Waals surface area contributed by atoms with Crippen LogP contribution in [0.25, 0.3) is 0 Å². The summed E-state index contributed by atoms with van der Waals surface area (Å²) >= 11 is 0. The molecule has 12 heavy (non-hydrogen) atoms. The van der Waals surface area contributed by atoms with Gasteiger partial charge in [-0.1, -0.05) is 27.7 Å². The Labute approximate surface area is 86.8 Å². The molecule has 0 aromatic carbocycles. The molecule has 0 amide bonds. The van der Waals surface area contributed by atoms with Gasteiger partial charge in [-0.2, -0.15) is 0 Å². The quantitative estimate of drug-likeness (QED) is 0.720. The minimum absolute atomic E-state index is 0. The first-order valence-electron chi connectivity index (χ1n) is 4.65. The van der Waals surface area contributed by atoms with Crippen LogP contribution in [0.2, 0.25) is 0 Å². The van der Waals surface area contributed by atoms with E-state index in [1.54, 1.807) is 0 Å². The van der Waals surface area contributed by atoms with Gasteiger partial charge >= 0.3 is 0 Å². The van der Waals surface area contributed by atoms with Crippen LogP contribution in [-0.4, -0.2) is 12.1 Å². The lowest BCUT2D eigenvalue weighted by molar-refractivity contribution is -0.112. The first-order valence-corrected chi connectivity index (χ1v) is 4.65. The van der Waals surface area contributed by atoms with Crippen molar-refractivity contribution in [2.75, 3.05) is 6.54 Å². The van der Waals surface area contributed by atoms with Crippen LogP contribution in [0, 0.1) is 0 Å². The molecule has 0 aliphatic heterocycles. The van der Waals surface area contributed by atoms with Crippen molar-refractivity contribution in [3.8, 4) is 0 Å². The largest absolute Gasteiger partial charge is 0.295 e. The smallest absolute Gasteiger partial charge is 0.0889 e. The molecule has 0 saturated carbocycles. The number of hydroxylamine groups is 1. The van der Waals surface area contributed by atoms with Crippen LogP contribution in [0.15, 0.2) is 0 Å². The van der Waals surface area contributed by atoms with Gasteiger partial charge in [-0.05, 0) is 19.3 Å². The minimum atomic E-state index is 0. The highest BCUT2D eigenvalue weighted by atomic mass is 79.9. The number of rotatable bonds is 6. The van der Waals surface area contributed by atoms with E-state index < -0.39 is 0 Å². The zero-order chi connectivity index (χ0) is 8.74. The highest BCUT2D eigenvalue weighted by Gasteiger charge is 2.24. The van der Waals surface area contributed by atoms with Crippen molar-refractivity contribution in [3.05, 3.63) is 0 Å². The van der Waals surface area contributed by atoms with Crippen LogP contribution >= 0.6 is 17.0 Å². The highest BCUT2D eigenvalue weighted by molar-refractivity contribution is 8.93. The topological polar surface area (TPSA) is 21.3 Å². The maximum atomic E-state index is 5.58. The fraction of sp³-hybridized carbons (Fsp3) is 1.00. The minimum Gasteiger partial charge on any atom is -0.295 e. The Bertz CT molecular complexity index is 86.3. The average Bonchev–Trinajstić information content (AvgIpc) is 2.08. The molecule has 0 unspecified atom stereocenters. The second kappa shape index (κ2) is 8.02. The standard InChI is InChI=1S/C9H21NO.BrH/c1-5-9(6-2,7-3)11-10-8-4;/h10H,5-8H2,1-4H3;1H. The van der Waals surface area contributed by atoms with Gasteiger partial charge in [0.15, 0.2) is 0 Å². The van der Waals surface area contributed by atoms with E-state index in [1.165, 1.54) is 0 Å². The summed E-state index contributed by atoms with van der Waals surface area (Å²) in [5, 5.41) is 0. The Kier molecular flexibility index (Phi) is 9.96. The number of hydrogen-bond acceptors (Lipinski definition) is 2. The Morgan fingerprint density at radius 2 is 1.42 bits per heavy atom. The Morgan fingerprint density at radius 3 is 1.67 bits per heavy atom. The normalized spacial score (nSPS) is 11.0. The average molecular weight is 240 g/mol. The second-order valence-electron chi connectivity index (χ2n) is 2.84. The molecule has 76 valence electrons. The monoisotopic (exact) mass is 239 g/mol. The van der Waals surface area contributed by atoms with Gasteiger partial charge in [0.25, 0.3) is 0 Å². The molecule has 0 heterocycles. The number of halogens is 1. The molecule has 0 aromatic heterocycles. The summed E-state index contributed by atoms with van der Waals surface area (Å²) in [6.07, 6.45) is 3.23. The summed E-state index contributed by atoms with van der Waals surface area (Å²) in [5.41, 5.74) is 3.01. The molecular formula is C9H22BrNO. The van der Waals surface area contributed by atoms with Crippen molar-refractivity contribution >= 4 is 17.0 Å². The Morgan fingerprint density at radius 1 is 1.00 bits per heavy atom. The van der Waals surface area contributed by atoms with Gasteiger partial charge in [0.1, 0.15) is 0 Å². The third-order valence-electron chi connectivity index (χ3n) is 2.37. The predicted octanol–water partition coefficient (Wildman–Crippen LogP) is 3.07. The fourth-order valence-corrected chi connectivity index (χ4v) is 1.19. The molecule has 0 radical (unpaired) electrons. The SMILES string of the molecule is Br.CCNOC(CC)(CC)CC. The van der Waals surface area contributed by atoms with Crippen molar-refractivity contribution in [3.63, 3.8) is 0 Å². The molecule has 0 rings (SSSR count). The molecule has 0 saturated heterocycles. The van der Waals surface area contributed by atoms with Crippen LogP contribution in [0.3, 0.4) is 0 Å². The number of nitrogens with one attached hydrogen (secondary N) is 1. The maximum Gasteiger partial charge on any atom is 0.0889 e. The van der Waals surface area contributed by atoms with Gasteiger partial charge in [0, 0.05) is 6.54 Å². The number of hydrogen-bond donors (Lipinski definition) is 1. The molecule has 3 heteroatoms. The molecular weight excluding hydrogens is 218 g/mol. The molecule has 2 nitrogen and oxygen atoms in total. The Balaban J connectivity index is 0. The fourth-order valence-electron chi connectivity index (χ4n) is 1.19. The van der Waals surface area contributed by atoms with E-state index in [4.69, 9.17) is 4.84 Å². The van der Waals surface area contributed by atoms with E-state index in [1.807, 2.05) is 6.92 Å². The molecule has 0 atom stereocenters. The van der Waals surface area contributed by atoms with Gasteiger partial charge in [-0.3, -0.25) is 4.84 Å². The van der Waals surface area contributed by atoms with E-state index in [0.29, 0.717) is 0 Å². The lowest BCUT2D eigenvalue weighted by Crippen LogP contribution is -2.36. The van der Waals surface area contributed by atoms with Crippen LogP contribution in [0.5, 0.6) is 0 Å². The van der Waals surface area contributed by atoms with E-state index in [-0.39, 0.29) is 22.6 Å². The molecule has 0 fully saturated rings. The van der Waals surface area contributed by atoms with E-state index >= 15 is 0 Å². The van der Waals surface area contributed by atoms with E-state index in [0.717, 1.165) is 25.8 Å².